The minimum atomic E-state index is -0.0397. The van der Waals surface area contributed by atoms with Crippen LogP contribution in [-0.2, 0) is 17.6 Å². The lowest BCUT2D eigenvalue weighted by atomic mass is 9.74. The van der Waals surface area contributed by atoms with Crippen LogP contribution in [0.3, 0.4) is 0 Å². The molecular weight excluding hydrogens is 390 g/mol. The molecule has 7 heteroatoms. The lowest BCUT2D eigenvalue weighted by molar-refractivity contribution is -0.121. The van der Waals surface area contributed by atoms with Crippen molar-refractivity contribution in [2.45, 2.75) is 73.8 Å². The third-order valence-corrected chi connectivity index (χ3v) is 6.01. The summed E-state index contributed by atoms with van der Waals surface area (Å²) in [4.78, 5) is 22.1. The Labute approximate surface area is 183 Å². The van der Waals surface area contributed by atoms with Crippen LogP contribution >= 0.6 is 0 Å². The fraction of sp³-hybridized carbons (Fsp3) is 0.500. The zero-order valence-electron chi connectivity index (χ0n) is 19.5. The number of rotatable bonds is 4. The average molecular weight is 422 g/mol. The number of furan rings is 1. The van der Waals surface area contributed by atoms with E-state index >= 15 is 0 Å². The summed E-state index contributed by atoms with van der Waals surface area (Å²) in [6.45, 7) is 14.2. The predicted octanol–water partition coefficient (Wildman–Crippen LogP) is 4.17. The fourth-order valence-corrected chi connectivity index (χ4v) is 4.65. The first-order valence-electron chi connectivity index (χ1n) is 10.8. The van der Waals surface area contributed by atoms with Gasteiger partial charge in [0.15, 0.2) is 0 Å². The third kappa shape index (κ3) is 4.27. The fourth-order valence-electron chi connectivity index (χ4n) is 4.65. The molecule has 0 bridgehead atoms. The van der Waals surface area contributed by atoms with E-state index in [9.17, 15) is 4.79 Å². The first-order valence-corrected chi connectivity index (χ1v) is 10.8. The first kappa shape index (κ1) is 21.3. The summed E-state index contributed by atoms with van der Waals surface area (Å²) in [6, 6.07) is 3.95. The quantitative estimate of drug-likeness (QED) is 0.683. The van der Waals surface area contributed by atoms with Crippen LogP contribution < -0.4 is 5.32 Å². The molecule has 0 aromatic carbocycles. The van der Waals surface area contributed by atoms with Gasteiger partial charge in [0.25, 0.3) is 5.95 Å². The monoisotopic (exact) mass is 421 g/mol. The number of carbonyl (C=O) groups excluding carboxylic acids is 1. The van der Waals surface area contributed by atoms with E-state index in [0.29, 0.717) is 5.95 Å². The summed E-state index contributed by atoms with van der Waals surface area (Å²) in [7, 11) is 0. The number of aromatic nitrogens is 4. The van der Waals surface area contributed by atoms with Crippen molar-refractivity contribution < 1.29 is 9.21 Å². The Hall–Kier alpha value is -2.96. The van der Waals surface area contributed by atoms with Gasteiger partial charge in [-0.1, -0.05) is 13.8 Å². The van der Waals surface area contributed by atoms with Crippen LogP contribution in [0.2, 0.25) is 0 Å². The highest BCUT2D eigenvalue weighted by atomic mass is 16.3. The lowest BCUT2D eigenvalue weighted by Crippen LogP contribution is -2.36. The first-order chi connectivity index (χ1) is 14.5. The molecule has 1 aliphatic carbocycles. The van der Waals surface area contributed by atoms with Gasteiger partial charge in [-0.05, 0) is 58.6 Å². The maximum Gasteiger partial charge on any atom is 0.251 e. The lowest BCUT2D eigenvalue weighted by Gasteiger charge is -2.34. The van der Waals surface area contributed by atoms with Gasteiger partial charge in [-0.25, -0.2) is 14.6 Å². The van der Waals surface area contributed by atoms with Gasteiger partial charge in [0.1, 0.15) is 11.5 Å². The van der Waals surface area contributed by atoms with Crippen LogP contribution in [0.5, 0.6) is 0 Å². The van der Waals surface area contributed by atoms with E-state index in [2.05, 4.69) is 40.3 Å². The molecule has 1 atom stereocenters. The van der Waals surface area contributed by atoms with Gasteiger partial charge in [-0.15, -0.1) is 0 Å². The zero-order chi connectivity index (χ0) is 22.5. The van der Waals surface area contributed by atoms with E-state index in [-0.39, 0.29) is 23.8 Å². The van der Waals surface area contributed by atoms with Crippen LogP contribution in [0.15, 0.2) is 16.5 Å². The molecule has 164 valence electrons. The molecule has 1 aliphatic rings. The van der Waals surface area contributed by atoms with E-state index in [1.807, 2.05) is 40.7 Å². The smallest absolute Gasteiger partial charge is 0.251 e. The summed E-state index contributed by atoms with van der Waals surface area (Å²) in [5.41, 5.74) is 5.59. The molecule has 3 aromatic rings. The summed E-state index contributed by atoms with van der Waals surface area (Å²) in [5.74, 6) is 2.41. The van der Waals surface area contributed by atoms with Crippen molar-refractivity contribution in [2.24, 2.45) is 5.41 Å². The zero-order valence-corrected chi connectivity index (χ0v) is 19.5. The second kappa shape index (κ2) is 7.62. The summed E-state index contributed by atoms with van der Waals surface area (Å²) in [6.07, 6.45) is 2.05. The Kier molecular flexibility index (Phi) is 5.23. The van der Waals surface area contributed by atoms with Crippen LogP contribution in [0, 0.1) is 40.0 Å². The van der Waals surface area contributed by atoms with Gasteiger partial charge >= 0.3 is 0 Å². The van der Waals surface area contributed by atoms with Crippen molar-refractivity contribution in [1.82, 2.24) is 25.1 Å². The number of carbonyl (C=O) groups is 1. The van der Waals surface area contributed by atoms with E-state index in [1.165, 1.54) is 0 Å². The number of hydrogen-bond acceptors (Lipinski definition) is 5. The second-order valence-corrected chi connectivity index (χ2v) is 9.59. The molecule has 3 heterocycles. The molecule has 7 nitrogen and oxygen atoms in total. The average Bonchev–Trinajstić information content (AvgIpc) is 3.13. The molecular formula is C24H31N5O2. The molecule has 1 unspecified atom stereocenters. The van der Waals surface area contributed by atoms with Gasteiger partial charge in [0.2, 0.25) is 5.91 Å². The summed E-state index contributed by atoms with van der Waals surface area (Å²) in [5, 5.41) is 7.87. The van der Waals surface area contributed by atoms with Crippen molar-refractivity contribution in [2.75, 3.05) is 0 Å². The minimum Gasteiger partial charge on any atom is -0.466 e. The highest BCUT2D eigenvalue weighted by molar-refractivity contribution is 5.79. The standard InChI is InChI=1S/C24H31N5O2/c1-13-8-14(2)26-23(25-13)29-17(5)18(16(4)28-29)10-22(30)27-20-11-24(6,7)12-21-19(20)9-15(3)31-21/h8-9,20H,10-12H2,1-7H3,(H,27,30). The SMILES string of the molecule is Cc1cc(C)nc(-n2nc(C)c(CC(=O)NC3CC(C)(C)Cc4oc(C)cc43)c2C)n1. The van der Waals surface area contributed by atoms with E-state index < -0.39 is 0 Å². The van der Waals surface area contributed by atoms with Gasteiger partial charge in [0.05, 0.1) is 18.2 Å². The molecule has 0 saturated heterocycles. The van der Waals surface area contributed by atoms with Gasteiger partial charge in [0, 0.05) is 34.6 Å². The highest BCUT2D eigenvalue weighted by Gasteiger charge is 2.35. The second-order valence-electron chi connectivity index (χ2n) is 9.59. The number of nitrogens with one attached hydrogen (secondary N) is 1. The largest absolute Gasteiger partial charge is 0.466 e. The van der Waals surface area contributed by atoms with Crippen molar-refractivity contribution in [1.29, 1.82) is 0 Å². The maximum absolute atomic E-state index is 13.1. The summed E-state index contributed by atoms with van der Waals surface area (Å²) < 4.78 is 7.64. The Bertz CT molecular complexity index is 1130. The van der Waals surface area contributed by atoms with Crippen LogP contribution in [-0.4, -0.2) is 25.7 Å². The molecule has 0 fully saturated rings. The normalized spacial score (nSPS) is 17.5. The Morgan fingerprint density at radius 1 is 1.16 bits per heavy atom. The summed E-state index contributed by atoms with van der Waals surface area (Å²) >= 11 is 0. The van der Waals surface area contributed by atoms with E-state index in [4.69, 9.17) is 4.42 Å². The van der Waals surface area contributed by atoms with Crippen LogP contribution in [0.4, 0.5) is 0 Å². The number of amides is 1. The van der Waals surface area contributed by atoms with Crippen molar-refractivity contribution in [3.8, 4) is 5.95 Å². The maximum atomic E-state index is 13.1. The number of nitrogens with zero attached hydrogens (tertiary/aromatic N) is 4. The Morgan fingerprint density at radius 3 is 2.52 bits per heavy atom. The molecule has 0 aliphatic heterocycles. The molecule has 3 aromatic heterocycles. The van der Waals surface area contributed by atoms with Gasteiger partial charge in [-0.2, -0.15) is 5.10 Å². The van der Waals surface area contributed by atoms with Gasteiger partial charge in [-0.3, -0.25) is 4.79 Å². The van der Waals surface area contributed by atoms with E-state index in [1.54, 1.807) is 4.68 Å². The molecule has 1 N–H and O–H groups in total. The molecule has 1 amide bonds. The van der Waals surface area contributed by atoms with Crippen LogP contribution in [0.25, 0.3) is 5.95 Å². The van der Waals surface area contributed by atoms with Gasteiger partial charge < -0.3 is 9.73 Å². The van der Waals surface area contributed by atoms with Crippen molar-refractivity contribution in [3.63, 3.8) is 0 Å². The van der Waals surface area contributed by atoms with Crippen LogP contribution in [0.1, 0.15) is 71.7 Å². The minimum absolute atomic E-state index is 0.0143. The molecule has 0 radical (unpaired) electrons. The third-order valence-electron chi connectivity index (χ3n) is 6.01. The molecule has 0 saturated carbocycles. The van der Waals surface area contributed by atoms with Crippen molar-refractivity contribution >= 4 is 5.91 Å². The van der Waals surface area contributed by atoms with Crippen molar-refractivity contribution in [3.05, 3.63) is 57.6 Å². The Balaban J connectivity index is 1.56. The molecule has 4 rings (SSSR count). The number of hydrogen-bond donors (Lipinski definition) is 1. The predicted molar refractivity (Wildman–Crippen MR) is 118 cm³/mol. The molecule has 0 spiro atoms. The molecule has 31 heavy (non-hydrogen) atoms. The van der Waals surface area contributed by atoms with E-state index in [0.717, 1.165) is 58.3 Å². The topological polar surface area (TPSA) is 85.8 Å². The number of fused-ring (bicyclic) bond motifs is 1. The highest BCUT2D eigenvalue weighted by Crippen LogP contribution is 2.42. The Morgan fingerprint density at radius 2 is 1.84 bits per heavy atom. The number of aryl methyl sites for hydroxylation is 4.